The Morgan fingerprint density at radius 1 is 1.14 bits per heavy atom. The molecule has 0 atom stereocenters. The van der Waals surface area contributed by atoms with Gasteiger partial charge < -0.3 is 10.4 Å². The molecule has 9 nitrogen and oxygen atoms in total. The average molecular weight is 416 g/mol. The van der Waals surface area contributed by atoms with Gasteiger partial charge in [0, 0.05) is 12.2 Å². The lowest BCUT2D eigenvalue weighted by Gasteiger charge is -2.27. The molecule has 3 aromatic rings. The first-order chi connectivity index (χ1) is 13.9. The number of fused-ring (bicyclic) bond motifs is 1. The van der Waals surface area contributed by atoms with Crippen LogP contribution >= 0.6 is 0 Å². The van der Waals surface area contributed by atoms with Crippen LogP contribution in [0.1, 0.15) is 25.7 Å². The van der Waals surface area contributed by atoms with Crippen molar-refractivity contribution in [2.45, 2.75) is 42.7 Å². The topological polar surface area (TPSA) is 127 Å². The molecule has 0 amide bonds. The van der Waals surface area contributed by atoms with Crippen LogP contribution < -0.4 is 5.32 Å². The molecule has 2 aromatic heterocycles. The molecule has 29 heavy (non-hydrogen) atoms. The van der Waals surface area contributed by atoms with Gasteiger partial charge in [0.25, 0.3) is 10.0 Å². The molecule has 0 saturated heterocycles. The smallest absolute Gasteiger partial charge is 0.311 e. The molecule has 1 saturated carbocycles. The number of rotatable bonds is 5. The summed E-state index contributed by atoms with van der Waals surface area (Å²) in [5.41, 5.74) is 0.166. The van der Waals surface area contributed by atoms with E-state index in [2.05, 4.69) is 10.3 Å². The van der Waals surface area contributed by atoms with Crippen molar-refractivity contribution >= 4 is 32.4 Å². The molecule has 2 N–H and O–H groups in total. The first kappa shape index (κ1) is 19.3. The van der Waals surface area contributed by atoms with Gasteiger partial charge >= 0.3 is 5.69 Å². The summed E-state index contributed by atoms with van der Waals surface area (Å²) >= 11 is 0. The van der Waals surface area contributed by atoms with Crippen molar-refractivity contribution in [1.29, 1.82) is 0 Å². The predicted molar refractivity (Wildman–Crippen MR) is 107 cm³/mol. The number of anilines is 1. The molecule has 2 heterocycles. The van der Waals surface area contributed by atoms with Gasteiger partial charge in [0.2, 0.25) is 0 Å². The van der Waals surface area contributed by atoms with Crippen LogP contribution in [0.3, 0.4) is 0 Å². The maximum atomic E-state index is 13.0. The molecule has 10 heteroatoms. The van der Waals surface area contributed by atoms with E-state index in [0.29, 0.717) is 31.1 Å². The van der Waals surface area contributed by atoms with Crippen LogP contribution in [-0.4, -0.2) is 39.5 Å². The lowest BCUT2D eigenvalue weighted by molar-refractivity contribution is -0.384. The van der Waals surface area contributed by atoms with E-state index in [1.54, 1.807) is 18.2 Å². The van der Waals surface area contributed by atoms with Crippen molar-refractivity contribution in [2.75, 3.05) is 5.32 Å². The van der Waals surface area contributed by atoms with Gasteiger partial charge in [-0.15, -0.1) is 0 Å². The number of aliphatic hydroxyl groups excluding tert-OH is 1. The minimum Gasteiger partial charge on any atom is -0.393 e. The molecule has 1 aromatic carbocycles. The Morgan fingerprint density at radius 3 is 2.48 bits per heavy atom. The van der Waals surface area contributed by atoms with E-state index in [9.17, 15) is 23.6 Å². The second-order valence-electron chi connectivity index (χ2n) is 7.09. The Hall–Kier alpha value is -2.98. The van der Waals surface area contributed by atoms with Crippen LogP contribution in [0.5, 0.6) is 0 Å². The Bertz CT molecular complexity index is 1150. The van der Waals surface area contributed by atoms with E-state index >= 15 is 0 Å². The number of aromatic nitrogens is 2. The van der Waals surface area contributed by atoms with Gasteiger partial charge in [0.15, 0.2) is 5.65 Å². The lowest BCUT2D eigenvalue weighted by atomic mass is 9.93. The summed E-state index contributed by atoms with van der Waals surface area (Å²) in [4.78, 5) is 15.2. The molecular formula is C19H20N4O5S. The molecule has 1 aliphatic rings. The second kappa shape index (κ2) is 7.45. The Labute approximate surface area is 167 Å². The molecule has 0 bridgehead atoms. The number of nitrogens with one attached hydrogen (secondary N) is 1. The van der Waals surface area contributed by atoms with E-state index in [4.69, 9.17) is 0 Å². The Morgan fingerprint density at radius 2 is 1.83 bits per heavy atom. The van der Waals surface area contributed by atoms with Gasteiger partial charge in [-0.3, -0.25) is 10.1 Å². The fraction of sp³-hybridized carbons (Fsp3) is 0.316. The van der Waals surface area contributed by atoms with Crippen molar-refractivity contribution in [3.63, 3.8) is 0 Å². The van der Waals surface area contributed by atoms with Crippen LogP contribution in [0.2, 0.25) is 0 Å². The monoisotopic (exact) mass is 416 g/mol. The maximum Gasteiger partial charge on any atom is 0.311 e. The molecule has 0 spiro atoms. The maximum absolute atomic E-state index is 13.0. The fourth-order valence-corrected chi connectivity index (χ4v) is 4.99. The third kappa shape index (κ3) is 3.56. The minimum absolute atomic E-state index is 0.0446. The summed E-state index contributed by atoms with van der Waals surface area (Å²) in [5.74, 6) is 0. The molecule has 152 valence electrons. The third-order valence-electron chi connectivity index (χ3n) is 5.20. The molecular weight excluding hydrogens is 396 g/mol. The Balaban J connectivity index is 1.81. The number of benzene rings is 1. The highest BCUT2D eigenvalue weighted by Crippen LogP contribution is 2.35. The summed E-state index contributed by atoms with van der Waals surface area (Å²) < 4.78 is 27.1. The number of hydrogen-bond donors (Lipinski definition) is 2. The van der Waals surface area contributed by atoms with Crippen molar-refractivity contribution in [3.8, 4) is 0 Å². The van der Waals surface area contributed by atoms with Gasteiger partial charge in [0.1, 0.15) is 11.9 Å². The number of aliphatic hydroxyl groups is 1. The van der Waals surface area contributed by atoms with Crippen molar-refractivity contribution < 1.29 is 18.4 Å². The van der Waals surface area contributed by atoms with Crippen molar-refractivity contribution in [3.05, 3.63) is 58.9 Å². The van der Waals surface area contributed by atoms with E-state index < -0.39 is 14.9 Å². The molecule has 1 fully saturated rings. The zero-order valence-corrected chi connectivity index (χ0v) is 16.2. The normalized spacial score (nSPS) is 19.9. The van der Waals surface area contributed by atoms with Gasteiger partial charge in [0.05, 0.1) is 21.3 Å². The highest BCUT2D eigenvalue weighted by atomic mass is 32.2. The molecule has 0 aliphatic heterocycles. The highest BCUT2D eigenvalue weighted by Gasteiger charge is 2.27. The van der Waals surface area contributed by atoms with Crippen LogP contribution in [-0.2, 0) is 10.0 Å². The third-order valence-corrected chi connectivity index (χ3v) is 6.88. The van der Waals surface area contributed by atoms with E-state index in [1.807, 2.05) is 0 Å². The van der Waals surface area contributed by atoms with E-state index in [0.717, 1.165) is 10.2 Å². The number of nitrogens with zero attached hydrogens (tertiary/aromatic N) is 3. The highest BCUT2D eigenvalue weighted by molar-refractivity contribution is 7.90. The van der Waals surface area contributed by atoms with Crippen LogP contribution in [0.15, 0.2) is 53.7 Å². The van der Waals surface area contributed by atoms with E-state index in [-0.39, 0.29) is 34.1 Å². The SMILES string of the molecule is O=[N+]([O-])c1cnc2c(ccn2S(=O)(=O)c2ccccc2)c1NC1CCC(O)CC1. The quantitative estimate of drug-likeness (QED) is 0.483. The summed E-state index contributed by atoms with van der Waals surface area (Å²) in [6.45, 7) is 0. The van der Waals surface area contributed by atoms with E-state index in [1.165, 1.54) is 24.4 Å². The number of hydrogen-bond acceptors (Lipinski definition) is 7. The summed E-state index contributed by atoms with van der Waals surface area (Å²) in [5, 5.41) is 24.8. The largest absolute Gasteiger partial charge is 0.393 e. The number of nitro groups is 1. The van der Waals surface area contributed by atoms with Crippen LogP contribution in [0, 0.1) is 10.1 Å². The van der Waals surface area contributed by atoms with Gasteiger partial charge in [-0.25, -0.2) is 17.4 Å². The van der Waals surface area contributed by atoms with Gasteiger partial charge in [-0.2, -0.15) is 0 Å². The second-order valence-corrected chi connectivity index (χ2v) is 8.91. The molecule has 1 aliphatic carbocycles. The zero-order valence-electron chi connectivity index (χ0n) is 15.4. The predicted octanol–water partition coefficient (Wildman–Crippen LogP) is 2.90. The first-order valence-electron chi connectivity index (χ1n) is 9.27. The molecule has 0 radical (unpaired) electrons. The molecule has 4 rings (SSSR count). The van der Waals surface area contributed by atoms with Crippen LogP contribution in [0.25, 0.3) is 11.0 Å². The number of pyridine rings is 1. The average Bonchev–Trinajstić information content (AvgIpc) is 3.16. The summed E-state index contributed by atoms with van der Waals surface area (Å²) in [6.07, 6.45) is 4.67. The summed E-state index contributed by atoms with van der Waals surface area (Å²) in [7, 11) is -3.89. The van der Waals surface area contributed by atoms with Gasteiger partial charge in [-0.05, 0) is 43.9 Å². The van der Waals surface area contributed by atoms with Crippen LogP contribution in [0.4, 0.5) is 11.4 Å². The zero-order chi connectivity index (χ0) is 20.6. The van der Waals surface area contributed by atoms with Gasteiger partial charge in [-0.1, -0.05) is 18.2 Å². The van der Waals surface area contributed by atoms with Crippen molar-refractivity contribution in [1.82, 2.24) is 8.96 Å². The first-order valence-corrected chi connectivity index (χ1v) is 10.7. The minimum atomic E-state index is -3.89. The standard InChI is InChI=1S/C19H20N4O5S/c24-14-8-6-13(7-9-14)21-18-16-10-11-22(19(16)20-12-17(18)23(25)26)29(27,28)15-4-2-1-3-5-15/h1-5,10-14,24H,6-9H2,(H,20,21). The fourth-order valence-electron chi connectivity index (χ4n) is 3.67. The lowest BCUT2D eigenvalue weighted by Crippen LogP contribution is -2.28. The summed E-state index contributed by atoms with van der Waals surface area (Å²) in [6, 6.07) is 9.42. The molecule has 0 unspecified atom stereocenters. The Kier molecular flexibility index (Phi) is 4.97. The van der Waals surface area contributed by atoms with Crippen molar-refractivity contribution in [2.24, 2.45) is 0 Å².